The topological polar surface area (TPSA) is 23.8 Å². The summed E-state index contributed by atoms with van der Waals surface area (Å²) in [4.78, 5) is 0. The van der Waals surface area contributed by atoms with E-state index in [9.17, 15) is 0 Å². The molecule has 1 fully saturated rings. The van der Waals surface area contributed by atoms with Gasteiger partial charge in [0.2, 0.25) is 0 Å². The second-order valence-corrected chi connectivity index (χ2v) is 4.71. The van der Waals surface area contributed by atoms with Gasteiger partial charge in [0.15, 0.2) is 0 Å². The van der Waals surface area contributed by atoms with E-state index in [-0.39, 0.29) is 0 Å². The molecule has 1 aliphatic rings. The Morgan fingerprint density at radius 2 is 2.24 bits per heavy atom. The Bertz CT molecular complexity index is 390. The van der Waals surface area contributed by atoms with Gasteiger partial charge in [-0.2, -0.15) is 5.26 Å². The molecule has 1 aliphatic carbocycles. The minimum atomic E-state index is 0.601. The van der Waals surface area contributed by atoms with Crippen LogP contribution in [-0.2, 0) is 0 Å². The average Bonchev–Trinajstić information content (AvgIpc) is 2.36. The van der Waals surface area contributed by atoms with Crippen molar-refractivity contribution in [1.82, 2.24) is 0 Å². The van der Waals surface area contributed by atoms with Gasteiger partial charge in [0, 0.05) is 5.57 Å². The van der Waals surface area contributed by atoms with Crippen molar-refractivity contribution in [2.24, 2.45) is 5.92 Å². The Labute approximate surface area is 105 Å². The molecule has 1 nitrogen and oxygen atoms in total. The van der Waals surface area contributed by atoms with E-state index in [0.717, 1.165) is 12.0 Å². The Hall–Kier alpha value is -1.55. The van der Waals surface area contributed by atoms with Crippen molar-refractivity contribution in [3.63, 3.8) is 0 Å². The lowest BCUT2D eigenvalue weighted by Gasteiger charge is -2.24. The average molecular weight is 227 g/mol. The van der Waals surface area contributed by atoms with Crippen LogP contribution in [-0.4, -0.2) is 0 Å². The zero-order valence-electron chi connectivity index (χ0n) is 10.7. The van der Waals surface area contributed by atoms with E-state index in [1.54, 1.807) is 0 Å². The first-order valence-corrected chi connectivity index (χ1v) is 6.25. The van der Waals surface area contributed by atoms with Crippen LogP contribution in [0.25, 0.3) is 0 Å². The largest absolute Gasteiger partial charge is 0.193 e. The maximum absolute atomic E-state index is 8.70. The summed E-state index contributed by atoms with van der Waals surface area (Å²) >= 11 is 0. The lowest BCUT2D eigenvalue weighted by Crippen LogP contribution is -2.09. The lowest BCUT2D eigenvalue weighted by atomic mass is 9.81. The number of hydrogen-bond donors (Lipinski definition) is 0. The van der Waals surface area contributed by atoms with Crippen molar-refractivity contribution < 1.29 is 0 Å². The highest BCUT2D eigenvalue weighted by Crippen LogP contribution is 2.32. The molecule has 0 radical (unpaired) electrons. The van der Waals surface area contributed by atoms with Crippen molar-refractivity contribution in [1.29, 1.82) is 5.26 Å². The van der Waals surface area contributed by atoms with E-state index >= 15 is 0 Å². The second kappa shape index (κ2) is 6.91. The molecule has 0 spiro atoms. The number of hydrogen-bond acceptors (Lipinski definition) is 1. The molecule has 0 heterocycles. The maximum Gasteiger partial charge on any atom is 0.0944 e. The molecule has 1 rings (SSSR count). The molecular formula is C16H21N. The van der Waals surface area contributed by atoms with E-state index in [4.69, 9.17) is 5.26 Å². The molecule has 0 aromatic rings. The van der Waals surface area contributed by atoms with Crippen LogP contribution in [0.1, 0.15) is 39.0 Å². The molecule has 0 aromatic carbocycles. The monoisotopic (exact) mass is 227 g/mol. The van der Waals surface area contributed by atoms with Gasteiger partial charge in [0.25, 0.3) is 0 Å². The van der Waals surface area contributed by atoms with Crippen LogP contribution in [0.3, 0.4) is 0 Å². The fraction of sp³-hybridized carbons (Fsp3) is 0.438. The molecule has 17 heavy (non-hydrogen) atoms. The lowest BCUT2D eigenvalue weighted by molar-refractivity contribution is 0.454. The second-order valence-electron chi connectivity index (χ2n) is 4.71. The van der Waals surface area contributed by atoms with E-state index in [1.165, 1.54) is 36.8 Å². The summed E-state index contributed by atoms with van der Waals surface area (Å²) in [5.41, 5.74) is 3.31. The number of allylic oxidation sites excluding steroid dienone is 6. The maximum atomic E-state index is 8.70. The van der Waals surface area contributed by atoms with Crippen LogP contribution in [0.2, 0.25) is 0 Å². The minimum Gasteiger partial charge on any atom is -0.193 e. The van der Waals surface area contributed by atoms with E-state index in [2.05, 4.69) is 19.2 Å². The summed E-state index contributed by atoms with van der Waals surface area (Å²) in [6.07, 6.45) is 11.8. The van der Waals surface area contributed by atoms with Crippen molar-refractivity contribution >= 4 is 0 Å². The SMILES string of the molecule is C=C/C(=C\C=C(/C)C#N)CC1CCCCC1=C. The zero-order valence-corrected chi connectivity index (χ0v) is 10.7. The molecule has 0 amide bonds. The van der Waals surface area contributed by atoms with E-state index in [1.807, 2.05) is 25.2 Å². The molecule has 1 saturated carbocycles. The predicted molar refractivity (Wildman–Crippen MR) is 73.4 cm³/mol. The number of nitriles is 1. The Kier molecular flexibility index (Phi) is 5.49. The summed E-state index contributed by atoms with van der Waals surface area (Å²) in [6, 6.07) is 2.12. The van der Waals surface area contributed by atoms with Gasteiger partial charge in [0.05, 0.1) is 6.07 Å². The molecule has 0 aliphatic heterocycles. The molecule has 1 unspecified atom stereocenters. The van der Waals surface area contributed by atoms with E-state index in [0.29, 0.717) is 5.92 Å². The van der Waals surface area contributed by atoms with E-state index < -0.39 is 0 Å². The summed E-state index contributed by atoms with van der Waals surface area (Å²) in [6.45, 7) is 9.83. The Balaban J connectivity index is 2.66. The number of nitrogens with zero attached hydrogens (tertiary/aromatic N) is 1. The van der Waals surface area contributed by atoms with Crippen LogP contribution in [0.15, 0.2) is 48.1 Å². The van der Waals surface area contributed by atoms with Gasteiger partial charge in [-0.25, -0.2) is 0 Å². The molecular weight excluding hydrogens is 206 g/mol. The van der Waals surface area contributed by atoms with Gasteiger partial charge in [-0.3, -0.25) is 0 Å². The van der Waals surface area contributed by atoms with Gasteiger partial charge in [-0.05, 0) is 50.2 Å². The molecule has 0 bridgehead atoms. The van der Waals surface area contributed by atoms with Crippen molar-refractivity contribution in [2.75, 3.05) is 0 Å². The highest BCUT2D eigenvalue weighted by atomic mass is 14.2. The Morgan fingerprint density at radius 3 is 2.82 bits per heavy atom. The van der Waals surface area contributed by atoms with Crippen LogP contribution in [0.5, 0.6) is 0 Å². The summed E-state index contributed by atoms with van der Waals surface area (Å²) < 4.78 is 0. The first-order valence-electron chi connectivity index (χ1n) is 6.25. The highest BCUT2D eigenvalue weighted by Gasteiger charge is 2.17. The van der Waals surface area contributed by atoms with Gasteiger partial charge in [0.1, 0.15) is 0 Å². The fourth-order valence-electron chi connectivity index (χ4n) is 2.17. The third kappa shape index (κ3) is 4.44. The third-order valence-electron chi connectivity index (χ3n) is 3.35. The Morgan fingerprint density at radius 1 is 1.47 bits per heavy atom. The highest BCUT2D eigenvalue weighted by molar-refractivity contribution is 5.30. The van der Waals surface area contributed by atoms with Crippen LogP contribution in [0.4, 0.5) is 0 Å². The van der Waals surface area contributed by atoms with Gasteiger partial charge in [-0.15, -0.1) is 0 Å². The van der Waals surface area contributed by atoms with Crippen LogP contribution >= 0.6 is 0 Å². The molecule has 1 atom stereocenters. The van der Waals surface area contributed by atoms with Gasteiger partial charge in [-0.1, -0.05) is 37.3 Å². The van der Waals surface area contributed by atoms with Crippen LogP contribution < -0.4 is 0 Å². The van der Waals surface area contributed by atoms with Gasteiger partial charge < -0.3 is 0 Å². The smallest absolute Gasteiger partial charge is 0.0944 e. The predicted octanol–water partition coefficient (Wildman–Crippen LogP) is 4.71. The van der Waals surface area contributed by atoms with Crippen molar-refractivity contribution in [3.05, 3.63) is 48.1 Å². The fourth-order valence-corrected chi connectivity index (χ4v) is 2.17. The third-order valence-corrected chi connectivity index (χ3v) is 3.35. The summed E-state index contributed by atoms with van der Waals surface area (Å²) in [5, 5.41) is 8.70. The summed E-state index contributed by atoms with van der Waals surface area (Å²) in [5.74, 6) is 0.601. The molecule has 90 valence electrons. The summed E-state index contributed by atoms with van der Waals surface area (Å²) in [7, 11) is 0. The molecule has 0 N–H and O–H groups in total. The quantitative estimate of drug-likeness (QED) is 0.388. The van der Waals surface area contributed by atoms with Crippen molar-refractivity contribution in [2.45, 2.75) is 39.0 Å². The number of rotatable bonds is 4. The molecule has 1 heteroatoms. The minimum absolute atomic E-state index is 0.601. The first kappa shape index (κ1) is 13.5. The standard InChI is InChI=1S/C16H21N/c1-4-15(10-9-13(2)12-17)11-16-8-6-5-7-14(16)3/h4,9-10,16H,1,3,5-8,11H2,2H3/b13-9+,15-10+. The van der Waals surface area contributed by atoms with Crippen molar-refractivity contribution in [3.8, 4) is 6.07 Å². The van der Waals surface area contributed by atoms with Gasteiger partial charge >= 0.3 is 0 Å². The van der Waals surface area contributed by atoms with Crippen LogP contribution in [0, 0.1) is 17.2 Å². The zero-order chi connectivity index (χ0) is 12.7. The first-order chi connectivity index (χ1) is 8.17. The molecule has 0 saturated heterocycles. The normalized spacial score (nSPS) is 22.1. The molecule has 0 aromatic heterocycles.